The van der Waals surface area contributed by atoms with Crippen LogP contribution >= 0.6 is 0 Å². The lowest BCUT2D eigenvalue weighted by atomic mass is 9.99. The molecule has 2 aromatic carbocycles. The molecule has 1 saturated heterocycles. The highest BCUT2D eigenvalue weighted by atomic mass is 32.2. The topological polar surface area (TPSA) is 113 Å². The fourth-order valence-corrected chi connectivity index (χ4v) is 7.36. The van der Waals surface area contributed by atoms with E-state index >= 15 is 0 Å². The van der Waals surface area contributed by atoms with E-state index in [9.17, 15) is 21.6 Å². The van der Waals surface area contributed by atoms with Gasteiger partial charge in [-0.05, 0) is 63.8 Å². The zero-order valence-corrected chi connectivity index (χ0v) is 21.7. The van der Waals surface area contributed by atoms with Crippen molar-refractivity contribution in [1.82, 2.24) is 14.3 Å². The van der Waals surface area contributed by atoms with Crippen molar-refractivity contribution in [2.45, 2.75) is 50.3 Å². The van der Waals surface area contributed by atoms with Crippen molar-refractivity contribution in [2.24, 2.45) is 5.92 Å². The van der Waals surface area contributed by atoms with E-state index in [0.717, 1.165) is 11.1 Å². The van der Waals surface area contributed by atoms with Crippen molar-refractivity contribution < 1.29 is 21.6 Å². The predicted octanol–water partition coefficient (Wildman–Crippen LogP) is 2.42. The van der Waals surface area contributed by atoms with Gasteiger partial charge in [0.1, 0.15) is 0 Å². The summed E-state index contributed by atoms with van der Waals surface area (Å²) in [5.41, 5.74) is 3.36. The second kappa shape index (κ2) is 10.6. The highest BCUT2D eigenvalue weighted by Crippen LogP contribution is 2.28. The van der Waals surface area contributed by atoms with Gasteiger partial charge in [-0.3, -0.25) is 4.79 Å². The van der Waals surface area contributed by atoms with Crippen molar-refractivity contribution in [3.8, 4) is 0 Å². The summed E-state index contributed by atoms with van der Waals surface area (Å²) in [5.74, 6) is -0.755. The third-order valence-corrected chi connectivity index (χ3v) is 9.65. The predicted molar refractivity (Wildman–Crippen MR) is 132 cm³/mol. The first-order chi connectivity index (χ1) is 15.9. The Labute approximate surface area is 202 Å². The molecule has 0 unspecified atom stereocenters. The Balaban J connectivity index is 1.58. The molecule has 1 fully saturated rings. The van der Waals surface area contributed by atoms with Gasteiger partial charge in [-0.2, -0.15) is 4.31 Å². The van der Waals surface area contributed by atoms with Gasteiger partial charge in [0, 0.05) is 26.2 Å². The zero-order valence-electron chi connectivity index (χ0n) is 20.1. The summed E-state index contributed by atoms with van der Waals surface area (Å²) in [6, 6.07) is 10.2. The molecule has 1 amide bonds. The van der Waals surface area contributed by atoms with Crippen LogP contribution < -0.4 is 10.0 Å². The number of piperidine rings is 1. The second-order valence-electron chi connectivity index (χ2n) is 8.93. The van der Waals surface area contributed by atoms with E-state index in [2.05, 4.69) is 10.0 Å². The molecule has 3 rings (SSSR count). The Hall–Kier alpha value is -2.27. The summed E-state index contributed by atoms with van der Waals surface area (Å²) >= 11 is 0. The molecule has 0 aromatic heterocycles. The number of nitrogens with zero attached hydrogens (tertiary/aromatic N) is 1. The molecule has 0 saturated carbocycles. The second-order valence-corrected chi connectivity index (χ2v) is 12.6. The van der Waals surface area contributed by atoms with Gasteiger partial charge in [0.05, 0.1) is 15.7 Å². The lowest BCUT2D eigenvalue weighted by Gasteiger charge is -2.32. The summed E-state index contributed by atoms with van der Waals surface area (Å²) in [6.45, 7) is 8.02. The molecular formula is C24H33N3O5S2. The molecule has 1 aliphatic heterocycles. The number of carbonyl (C=O) groups is 1. The summed E-state index contributed by atoms with van der Waals surface area (Å²) in [5, 5.41) is 2.74. The van der Waals surface area contributed by atoms with E-state index in [0.29, 0.717) is 35.4 Å². The van der Waals surface area contributed by atoms with Gasteiger partial charge in [0.25, 0.3) is 0 Å². The standard InChI is InChI=1S/C24H33N3O5S2/c1-17-7-9-22(10-8-17)33(29,30)26-12-11-25-24(28)21-6-5-13-27(16-21)34(31,32)23-19(3)14-18(2)15-20(23)4/h7-10,14-15,21,26H,5-6,11-13,16H2,1-4H3,(H,25,28)/t21-/m1/s1. The van der Waals surface area contributed by atoms with E-state index in [1.54, 1.807) is 26.0 Å². The lowest BCUT2D eigenvalue weighted by molar-refractivity contribution is -0.126. The lowest BCUT2D eigenvalue weighted by Crippen LogP contribution is -2.46. The van der Waals surface area contributed by atoms with Crippen molar-refractivity contribution in [3.05, 3.63) is 58.7 Å². The fraction of sp³-hybridized carbons (Fsp3) is 0.458. The average Bonchev–Trinajstić information content (AvgIpc) is 2.76. The van der Waals surface area contributed by atoms with Crippen LogP contribution in [0, 0.1) is 33.6 Å². The third kappa shape index (κ3) is 6.04. The van der Waals surface area contributed by atoms with Crippen LogP contribution in [-0.2, 0) is 24.8 Å². The van der Waals surface area contributed by atoms with Crippen LogP contribution in [0.15, 0.2) is 46.2 Å². The van der Waals surface area contributed by atoms with Crippen LogP contribution in [0.2, 0.25) is 0 Å². The largest absolute Gasteiger partial charge is 0.355 e. The molecule has 0 aliphatic carbocycles. The van der Waals surface area contributed by atoms with Crippen LogP contribution in [0.5, 0.6) is 0 Å². The molecule has 2 N–H and O–H groups in total. The molecule has 186 valence electrons. The van der Waals surface area contributed by atoms with Crippen molar-refractivity contribution in [1.29, 1.82) is 0 Å². The molecule has 0 spiro atoms. The molecule has 1 aliphatic rings. The number of carbonyl (C=O) groups excluding carboxylic acids is 1. The van der Waals surface area contributed by atoms with Gasteiger partial charge in [-0.25, -0.2) is 21.6 Å². The van der Waals surface area contributed by atoms with Gasteiger partial charge in [0.2, 0.25) is 26.0 Å². The number of nitrogens with one attached hydrogen (secondary N) is 2. The van der Waals surface area contributed by atoms with Gasteiger partial charge in [0.15, 0.2) is 0 Å². The number of hydrogen-bond acceptors (Lipinski definition) is 5. The maximum Gasteiger partial charge on any atom is 0.243 e. The molecule has 1 atom stereocenters. The molecule has 1 heterocycles. The SMILES string of the molecule is Cc1ccc(S(=O)(=O)NCCNC(=O)[C@@H]2CCCN(S(=O)(=O)c3c(C)cc(C)cc3C)C2)cc1. The molecule has 8 nitrogen and oxygen atoms in total. The smallest absolute Gasteiger partial charge is 0.243 e. The van der Waals surface area contributed by atoms with Crippen molar-refractivity contribution in [2.75, 3.05) is 26.2 Å². The molecular weight excluding hydrogens is 474 g/mol. The van der Waals surface area contributed by atoms with Crippen LogP contribution in [0.25, 0.3) is 0 Å². The van der Waals surface area contributed by atoms with Crippen LogP contribution in [0.4, 0.5) is 0 Å². The Morgan fingerprint density at radius 3 is 2.18 bits per heavy atom. The molecule has 2 aromatic rings. The summed E-state index contributed by atoms with van der Waals surface area (Å²) in [4.78, 5) is 13.2. The number of aryl methyl sites for hydroxylation is 4. The fourth-order valence-electron chi connectivity index (χ4n) is 4.39. The normalized spacial score (nSPS) is 17.5. The first-order valence-electron chi connectivity index (χ1n) is 11.3. The van der Waals surface area contributed by atoms with E-state index in [4.69, 9.17) is 0 Å². The molecule has 34 heavy (non-hydrogen) atoms. The number of benzene rings is 2. The Morgan fingerprint density at radius 2 is 1.56 bits per heavy atom. The minimum Gasteiger partial charge on any atom is -0.355 e. The minimum absolute atomic E-state index is 0.0401. The van der Waals surface area contributed by atoms with Crippen LogP contribution in [0.1, 0.15) is 35.1 Å². The first kappa shape index (κ1) is 26.3. The quantitative estimate of drug-likeness (QED) is 0.533. The molecule has 0 bridgehead atoms. The first-order valence-corrected chi connectivity index (χ1v) is 14.3. The van der Waals surface area contributed by atoms with E-state index in [1.807, 2.05) is 26.0 Å². The zero-order chi connectivity index (χ0) is 25.1. The Kier molecular flexibility index (Phi) is 8.18. The van der Waals surface area contributed by atoms with Gasteiger partial charge in [-0.1, -0.05) is 35.4 Å². The minimum atomic E-state index is -3.72. The summed E-state index contributed by atoms with van der Waals surface area (Å²) < 4.78 is 55.3. The molecule has 0 radical (unpaired) electrons. The summed E-state index contributed by atoms with van der Waals surface area (Å²) in [7, 11) is -7.38. The monoisotopic (exact) mass is 507 g/mol. The number of hydrogen-bond donors (Lipinski definition) is 2. The van der Waals surface area contributed by atoms with Crippen molar-refractivity contribution >= 4 is 26.0 Å². The Morgan fingerprint density at radius 1 is 0.941 bits per heavy atom. The maximum atomic E-state index is 13.4. The number of amides is 1. The third-order valence-electron chi connectivity index (χ3n) is 6.01. The van der Waals surface area contributed by atoms with Gasteiger partial charge in [-0.15, -0.1) is 0 Å². The highest BCUT2D eigenvalue weighted by molar-refractivity contribution is 7.89. The number of sulfonamides is 2. The van der Waals surface area contributed by atoms with E-state index in [1.165, 1.54) is 16.4 Å². The Bertz CT molecular complexity index is 1230. The summed E-state index contributed by atoms with van der Waals surface area (Å²) in [6.07, 6.45) is 1.17. The van der Waals surface area contributed by atoms with Gasteiger partial charge < -0.3 is 5.32 Å². The number of rotatable bonds is 8. The van der Waals surface area contributed by atoms with E-state index in [-0.39, 0.29) is 30.4 Å². The highest BCUT2D eigenvalue weighted by Gasteiger charge is 2.34. The van der Waals surface area contributed by atoms with Gasteiger partial charge >= 0.3 is 0 Å². The van der Waals surface area contributed by atoms with Crippen molar-refractivity contribution in [3.63, 3.8) is 0 Å². The van der Waals surface area contributed by atoms with Crippen LogP contribution in [-0.4, -0.2) is 53.2 Å². The van der Waals surface area contributed by atoms with Crippen LogP contribution in [0.3, 0.4) is 0 Å². The average molecular weight is 508 g/mol. The molecule has 10 heteroatoms. The van der Waals surface area contributed by atoms with E-state index < -0.39 is 26.0 Å². The maximum absolute atomic E-state index is 13.4.